The number of carboxylic acid groups (broad SMARTS) is 1. The zero-order chi connectivity index (χ0) is 15.2. The molecule has 2 rings (SSSR count). The van der Waals surface area contributed by atoms with Crippen LogP contribution in [0.5, 0.6) is 0 Å². The lowest BCUT2D eigenvalue weighted by Gasteiger charge is -2.33. The number of carboxylic acids is 1. The van der Waals surface area contributed by atoms with Crippen LogP contribution in [-0.2, 0) is 4.79 Å². The van der Waals surface area contributed by atoms with E-state index in [1.54, 1.807) is 4.90 Å². The molecule has 2 aliphatic rings. The Morgan fingerprint density at radius 3 is 2.48 bits per heavy atom. The number of hydrogen-bond donors (Lipinski definition) is 2. The van der Waals surface area contributed by atoms with E-state index in [0.717, 1.165) is 51.4 Å². The van der Waals surface area contributed by atoms with Crippen LogP contribution in [0.1, 0.15) is 64.7 Å². The van der Waals surface area contributed by atoms with E-state index in [1.165, 1.54) is 6.42 Å². The van der Waals surface area contributed by atoms with Gasteiger partial charge < -0.3 is 15.3 Å². The molecule has 5 heteroatoms. The highest BCUT2D eigenvalue weighted by Gasteiger charge is 2.30. The van der Waals surface area contributed by atoms with Crippen LogP contribution in [0.2, 0.25) is 0 Å². The van der Waals surface area contributed by atoms with E-state index >= 15 is 0 Å². The van der Waals surface area contributed by atoms with Crippen molar-refractivity contribution in [2.24, 2.45) is 5.92 Å². The Morgan fingerprint density at radius 2 is 1.86 bits per heavy atom. The van der Waals surface area contributed by atoms with Crippen molar-refractivity contribution < 1.29 is 14.7 Å². The van der Waals surface area contributed by atoms with Gasteiger partial charge in [0.05, 0.1) is 0 Å². The molecular formula is C16H28N2O3. The molecule has 0 aromatic heterocycles. The first-order chi connectivity index (χ1) is 10.1. The topological polar surface area (TPSA) is 69.6 Å². The maximum atomic E-state index is 12.5. The van der Waals surface area contributed by atoms with Crippen molar-refractivity contribution >= 4 is 12.0 Å². The molecule has 0 aromatic carbocycles. The minimum Gasteiger partial charge on any atom is -0.480 e. The van der Waals surface area contributed by atoms with Gasteiger partial charge >= 0.3 is 12.0 Å². The summed E-state index contributed by atoms with van der Waals surface area (Å²) in [5, 5.41) is 12.1. The summed E-state index contributed by atoms with van der Waals surface area (Å²) in [6.45, 7) is 2.02. The van der Waals surface area contributed by atoms with E-state index in [2.05, 4.69) is 12.2 Å². The van der Waals surface area contributed by atoms with Gasteiger partial charge in [0.2, 0.25) is 0 Å². The van der Waals surface area contributed by atoms with Crippen molar-refractivity contribution in [2.75, 3.05) is 6.54 Å². The second kappa shape index (κ2) is 7.66. The standard InChI is InChI=1S/C16H28N2O3/c1-2-12-6-5-7-13(10-12)17-16(21)18(11-15(19)20)14-8-3-4-9-14/h12-14H,2-11H2,1H3,(H,17,21)(H,19,20). The van der Waals surface area contributed by atoms with E-state index in [9.17, 15) is 9.59 Å². The molecule has 0 bridgehead atoms. The summed E-state index contributed by atoms with van der Waals surface area (Å²) in [7, 11) is 0. The summed E-state index contributed by atoms with van der Waals surface area (Å²) in [6, 6.07) is 0.145. The summed E-state index contributed by atoms with van der Waals surface area (Å²) in [4.78, 5) is 25.1. The zero-order valence-corrected chi connectivity index (χ0v) is 13.0. The third-order valence-electron chi connectivity index (χ3n) is 5.02. The molecule has 2 amide bonds. The van der Waals surface area contributed by atoms with Crippen molar-refractivity contribution in [1.82, 2.24) is 10.2 Å². The van der Waals surface area contributed by atoms with Crippen molar-refractivity contribution in [3.8, 4) is 0 Å². The molecule has 2 N–H and O–H groups in total. The Kier molecular flexibility index (Phi) is 5.88. The first-order valence-electron chi connectivity index (χ1n) is 8.39. The summed E-state index contributed by atoms with van der Waals surface area (Å²) < 4.78 is 0. The molecule has 2 saturated carbocycles. The van der Waals surface area contributed by atoms with Gasteiger partial charge in [0, 0.05) is 12.1 Å². The number of urea groups is 1. The number of nitrogens with zero attached hydrogens (tertiary/aromatic N) is 1. The number of aliphatic carboxylic acids is 1. The van der Waals surface area contributed by atoms with Gasteiger partial charge in [-0.1, -0.05) is 39.0 Å². The normalized spacial score (nSPS) is 26.5. The van der Waals surface area contributed by atoms with Gasteiger partial charge in [0.15, 0.2) is 0 Å². The SMILES string of the molecule is CCC1CCCC(NC(=O)N(CC(=O)O)C2CCCC2)C1. The number of amides is 2. The van der Waals surface area contributed by atoms with Gasteiger partial charge in [-0.3, -0.25) is 4.79 Å². The van der Waals surface area contributed by atoms with Crippen molar-refractivity contribution in [2.45, 2.75) is 76.8 Å². The molecule has 5 nitrogen and oxygen atoms in total. The first kappa shape index (κ1) is 16.1. The molecule has 2 atom stereocenters. The Bertz CT molecular complexity index is 367. The first-order valence-corrected chi connectivity index (χ1v) is 8.39. The fraction of sp³-hybridized carbons (Fsp3) is 0.875. The molecular weight excluding hydrogens is 268 g/mol. The van der Waals surface area contributed by atoms with Gasteiger partial charge in [0.25, 0.3) is 0 Å². The van der Waals surface area contributed by atoms with E-state index in [1.807, 2.05) is 0 Å². The highest BCUT2D eigenvalue weighted by Crippen LogP contribution is 2.27. The summed E-state index contributed by atoms with van der Waals surface area (Å²) in [5.41, 5.74) is 0. The zero-order valence-electron chi connectivity index (χ0n) is 13.0. The Balaban J connectivity index is 1.92. The number of rotatable bonds is 5. The van der Waals surface area contributed by atoms with Crippen LogP contribution in [0, 0.1) is 5.92 Å². The van der Waals surface area contributed by atoms with Gasteiger partial charge in [-0.15, -0.1) is 0 Å². The number of hydrogen-bond acceptors (Lipinski definition) is 2. The van der Waals surface area contributed by atoms with E-state index in [0.29, 0.717) is 5.92 Å². The maximum absolute atomic E-state index is 12.5. The molecule has 0 heterocycles. The van der Waals surface area contributed by atoms with Gasteiger partial charge in [-0.2, -0.15) is 0 Å². The average Bonchev–Trinajstić information content (AvgIpc) is 2.98. The third kappa shape index (κ3) is 4.61. The average molecular weight is 296 g/mol. The summed E-state index contributed by atoms with van der Waals surface area (Å²) in [5.74, 6) is -0.226. The molecule has 2 aliphatic carbocycles. The number of carbonyl (C=O) groups is 2. The number of carbonyl (C=O) groups excluding carboxylic acids is 1. The lowest BCUT2D eigenvalue weighted by molar-refractivity contribution is -0.138. The van der Waals surface area contributed by atoms with Crippen LogP contribution in [0.3, 0.4) is 0 Å². The van der Waals surface area contributed by atoms with Crippen molar-refractivity contribution in [3.05, 3.63) is 0 Å². The monoisotopic (exact) mass is 296 g/mol. The molecule has 120 valence electrons. The van der Waals surface area contributed by atoms with Gasteiger partial charge in [-0.25, -0.2) is 4.79 Å². The van der Waals surface area contributed by atoms with Crippen LogP contribution in [0.25, 0.3) is 0 Å². The van der Waals surface area contributed by atoms with Crippen LogP contribution in [0.15, 0.2) is 0 Å². The lowest BCUT2D eigenvalue weighted by atomic mass is 9.84. The minimum absolute atomic E-state index is 0.103. The maximum Gasteiger partial charge on any atom is 0.323 e. The molecule has 0 aromatic rings. The molecule has 2 unspecified atom stereocenters. The Hall–Kier alpha value is -1.26. The summed E-state index contributed by atoms with van der Waals surface area (Å²) in [6.07, 6.45) is 9.68. The van der Waals surface area contributed by atoms with E-state index < -0.39 is 5.97 Å². The predicted octanol–water partition coefficient (Wildman–Crippen LogP) is 2.99. The molecule has 0 spiro atoms. The molecule has 21 heavy (non-hydrogen) atoms. The second-order valence-electron chi connectivity index (χ2n) is 6.55. The lowest BCUT2D eigenvalue weighted by Crippen LogP contribution is -2.51. The minimum atomic E-state index is -0.924. The second-order valence-corrected chi connectivity index (χ2v) is 6.55. The van der Waals surface area contributed by atoms with Gasteiger partial charge in [-0.05, 0) is 31.6 Å². The highest BCUT2D eigenvalue weighted by atomic mass is 16.4. The van der Waals surface area contributed by atoms with Crippen LogP contribution >= 0.6 is 0 Å². The fourth-order valence-electron chi connectivity index (χ4n) is 3.78. The molecule has 2 fully saturated rings. The number of nitrogens with one attached hydrogen (secondary N) is 1. The Labute approximate surface area is 127 Å². The largest absolute Gasteiger partial charge is 0.480 e. The van der Waals surface area contributed by atoms with Gasteiger partial charge in [0.1, 0.15) is 6.54 Å². The van der Waals surface area contributed by atoms with E-state index in [4.69, 9.17) is 5.11 Å². The molecule has 0 saturated heterocycles. The Morgan fingerprint density at radius 1 is 1.14 bits per heavy atom. The highest BCUT2D eigenvalue weighted by molar-refractivity contribution is 5.80. The predicted molar refractivity (Wildman–Crippen MR) is 81.2 cm³/mol. The van der Waals surface area contributed by atoms with Crippen LogP contribution < -0.4 is 5.32 Å². The van der Waals surface area contributed by atoms with Crippen molar-refractivity contribution in [3.63, 3.8) is 0 Å². The summed E-state index contributed by atoms with van der Waals surface area (Å²) >= 11 is 0. The van der Waals surface area contributed by atoms with Crippen molar-refractivity contribution in [1.29, 1.82) is 0 Å². The van der Waals surface area contributed by atoms with Crippen LogP contribution in [-0.4, -0.2) is 40.6 Å². The van der Waals surface area contributed by atoms with Crippen LogP contribution in [0.4, 0.5) is 4.79 Å². The smallest absolute Gasteiger partial charge is 0.323 e. The molecule has 0 radical (unpaired) electrons. The third-order valence-corrected chi connectivity index (χ3v) is 5.02. The van der Waals surface area contributed by atoms with E-state index in [-0.39, 0.29) is 24.7 Å². The molecule has 0 aliphatic heterocycles. The fourth-order valence-corrected chi connectivity index (χ4v) is 3.78. The quantitative estimate of drug-likeness (QED) is 0.819.